The van der Waals surface area contributed by atoms with Gasteiger partial charge in [-0.25, -0.2) is 4.39 Å². The van der Waals surface area contributed by atoms with Crippen molar-refractivity contribution in [2.24, 2.45) is 0 Å². The zero-order chi connectivity index (χ0) is 20.4. The van der Waals surface area contributed by atoms with E-state index < -0.39 is 5.91 Å². The van der Waals surface area contributed by atoms with E-state index >= 15 is 0 Å². The van der Waals surface area contributed by atoms with Gasteiger partial charge in [0.05, 0.1) is 18.2 Å². The third-order valence-corrected chi connectivity index (χ3v) is 4.57. The Balaban J connectivity index is 1.71. The molecular formula is C23H18FNO4. The molecule has 146 valence electrons. The average molecular weight is 391 g/mol. The highest BCUT2D eigenvalue weighted by atomic mass is 19.1. The molecule has 0 spiro atoms. The molecule has 0 N–H and O–H groups in total. The van der Waals surface area contributed by atoms with Gasteiger partial charge < -0.3 is 13.7 Å². The molecule has 2 heterocycles. The van der Waals surface area contributed by atoms with Gasteiger partial charge in [0.25, 0.3) is 5.91 Å². The van der Waals surface area contributed by atoms with E-state index in [4.69, 9.17) is 8.83 Å². The molecule has 0 aliphatic heterocycles. The summed E-state index contributed by atoms with van der Waals surface area (Å²) in [6, 6.07) is 15.9. The molecule has 4 aromatic rings. The number of carbonyl (C=O) groups is 1. The Kier molecular flexibility index (Phi) is 4.99. The van der Waals surface area contributed by atoms with Crippen molar-refractivity contribution in [2.75, 3.05) is 0 Å². The topological polar surface area (TPSA) is 63.7 Å². The summed E-state index contributed by atoms with van der Waals surface area (Å²) in [5.41, 5.74) is 1.59. The molecule has 0 atom stereocenters. The number of halogens is 1. The number of fused-ring (bicyclic) bond motifs is 1. The Morgan fingerprint density at radius 2 is 1.90 bits per heavy atom. The minimum atomic E-state index is -0.481. The molecule has 2 aromatic carbocycles. The summed E-state index contributed by atoms with van der Waals surface area (Å²) < 4.78 is 24.7. The van der Waals surface area contributed by atoms with E-state index in [2.05, 4.69) is 0 Å². The second kappa shape index (κ2) is 7.75. The smallest absolute Gasteiger partial charge is 0.290 e. The van der Waals surface area contributed by atoms with Crippen molar-refractivity contribution < 1.29 is 18.0 Å². The van der Waals surface area contributed by atoms with Crippen LogP contribution in [0.25, 0.3) is 11.0 Å². The lowest BCUT2D eigenvalue weighted by Gasteiger charge is -2.21. The highest BCUT2D eigenvalue weighted by Crippen LogP contribution is 2.18. The molecule has 0 saturated heterocycles. The van der Waals surface area contributed by atoms with E-state index in [1.807, 2.05) is 13.0 Å². The van der Waals surface area contributed by atoms with Crippen molar-refractivity contribution >= 4 is 16.9 Å². The van der Waals surface area contributed by atoms with Gasteiger partial charge in [-0.15, -0.1) is 0 Å². The van der Waals surface area contributed by atoms with Gasteiger partial charge in [0.2, 0.25) is 0 Å². The molecule has 0 aliphatic rings. The molecule has 4 rings (SSSR count). The number of furan rings is 1. The third kappa shape index (κ3) is 4.11. The molecule has 0 fully saturated rings. The lowest BCUT2D eigenvalue weighted by molar-refractivity contribution is 0.0685. The van der Waals surface area contributed by atoms with Crippen LogP contribution in [-0.2, 0) is 13.1 Å². The number of hydrogen-bond donors (Lipinski definition) is 0. The largest absolute Gasteiger partial charge is 0.467 e. The van der Waals surface area contributed by atoms with Gasteiger partial charge >= 0.3 is 0 Å². The zero-order valence-corrected chi connectivity index (χ0v) is 15.7. The van der Waals surface area contributed by atoms with Gasteiger partial charge in [-0.3, -0.25) is 9.59 Å². The molecule has 5 nitrogen and oxygen atoms in total. The summed E-state index contributed by atoms with van der Waals surface area (Å²) in [4.78, 5) is 27.1. The van der Waals surface area contributed by atoms with E-state index in [9.17, 15) is 14.0 Å². The second-order valence-electron chi connectivity index (χ2n) is 6.85. The van der Waals surface area contributed by atoms with Crippen molar-refractivity contribution in [3.8, 4) is 0 Å². The fourth-order valence-electron chi connectivity index (χ4n) is 3.18. The Bertz CT molecular complexity index is 1230. The van der Waals surface area contributed by atoms with Crippen LogP contribution in [0.5, 0.6) is 0 Å². The number of amides is 1. The standard InChI is InChI=1S/C23H18FNO4/c1-15-7-8-21-19(10-15)20(26)12-22(29-21)23(27)25(14-18-6-3-9-28-18)13-16-4-2-5-17(24)11-16/h2-12H,13-14H2,1H3. The van der Waals surface area contributed by atoms with Crippen molar-refractivity contribution in [3.05, 3.63) is 106 Å². The maximum atomic E-state index is 13.6. The zero-order valence-electron chi connectivity index (χ0n) is 15.7. The van der Waals surface area contributed by atoms with Crippen LogP contribution in [0.3, 0.4) is 0 Å². The van der Waals surface area contributed by atoms with Crippen LogP contribution in [0.1, 0.15) is 27.4 Å². The number of nitrogens with zero attached hydrogens (tertiary/aromatic N) is 1. The predicted octanol–water partition coefficient (Wildman–Crippen LogP) is 4.68. The van der Waals surface area contributed by atoms with Gasteiger partial charge in [-0.05, 0) is 48.9 Å². The lowest BCUT2D eigenvalue weighted by atomic mass is 10.1. The Morgan fingerprint density at radius 3 is 2.66 bits per heavy atom. The summed E-state index contributed by atoms with van der Waals surface area (Å²) >= 11 is 0. The lowest BCUT2D eigenvalue weighted by Crippen LogP contribution is -2.30. The number of rotatable bonds is 5. The van der Waals surface area contributed by atoms with Crippen LogP contribution >= 0.6 is 0 Å². The first-order chi connectivity index (χ1) is 14.0. The van der Waals surface area contributed by atoms with Gasteiger partial charge in [0.15, 0.2) is 11.2 Å². The normalized spacial score (nSPS) is 11.0. The first-order valence-electron chi connectivity index (χ1n) is 9.10. The summed E-state index contributed by atoms with van der Waals surface area (Å²) in [5, 5.41) is 0.421. The average Bonchev–Trinajstić information content (AvgIpc) is 3.20. The molecule has 2 aromatic heterocycles. The number of carbonyl (C=O) groups excluding carboxylic acids is 1. The molecule has 0 unspecified atom stereocenters. The SMILES string of the molecule is Cc1ccc2oc(C(=O)N(Cc3cccc(F)c3)Cc3ccco3)cc(=O)c2c1. The van der Waals surface area contributed by atoms with Crippen molar-refractivity contribution in [1.29, 1.82) is 0 Å². The molecule has 1 amide bonds. The molecule has 0 radical (unpaired) electrons. The van der Waals surface area contributed by atoms with Crippen LogP contribution in [0.2, 0.25) is 0 Å². The number of benzene rings is 2. The highest BCUT2D eigenvalue weighted by Gasteiger charge is 2.21. The van der Waals surface area contributed by atoms with Crippen molar-refractivity contribution in [2.45, 2.75) is 20.0 Å². The van der Waals surface area contributed by atoms with Crippen LogP contribution in [-0.4, -0.2) is 10.8 Å². The quantitative estimate of drug-likeness (QED) is 0.496. The first-order valence-corrected chi connectivity index (χ1v) is 9.10. The minimum Gasteiger partial charge on any atom is -0.467 e. The van der Waals surface area contributed by atoms with Crippen LogP contribution in [0.15, 0.2) is 80.6 Å². The minimum absolute atomic E-state index is 0.0747. The van der Waals surface area contributed by atoms with Crippen LogP contribution in [0.4, 0.5) is 4.39 Å². The Labute approximate surface area is 166 Å². The second-order valence-corrected chi connectivity index (χ2v) is 6.85. The summed E-state index contributed by atoms with van der Waals surface area (Å²) in [7, 11) is 0. The van der Waals surface area contributed by atoms with E-state index in [0.717, 1.165) is 5.56 Å². The predicted molar refractivity (Wildman–Crippen MR) is 106 cm³/mol. The third-order valence-electron chi connectivity index (χ3n) is 4.57. The van der Waals surface area contributed by atoms with E-state index in [1.165, 1.54) is 29.4 Å². The Morgan fingerprint density at radius 1 is 1.03 bits per heavy atom. The highest BCUT2D eigenvalue weighted by molar-refractivity contribution is 5.93. The molecule has 0 aliphatic carbocycles. The van der Waals surface area contributed by atoms with Gasteiger partial charge in [0.1, 0.15) is 17.2 Å². The van der Waals surface area contributed by atoms with Crippen molar-refractivity contribution in [3.63, 3.8) is 0 Å². The van der Waals surface area contributed by atoms with Crippen LogP contribution < -0.4 is 5.43 Å². The molecule has 29 heavy (non-hydrogen) atoms. The fraction of sp³-hybridized carbons (Fsp3) is 0.130. The van der Waals surface area contributed by atoms with E-state index in [1.54, 1.807) is 36.4 Å². The maximum absolute atomic E-state index is 13.6. The van der Waals surface area contributed by atoms with E-state index in [0.29, 0.717) is 22.3 Å². The molecule has 6 heteroatoms. The van der Waals surface area contributed by atoms with Gasteiger partial charge in [-0.2, -0.15) is 0 Å². The molecule has 0 bridgehead atoms. The number of aryl methyl sites for hydroxylation is 1. The van der Waals surface area contributed by atoms with E-state index in [-0.39, 0.29) is 30.1 Å². The van der Waals surface area contributed by atoms with Crippen molar-refractivity contribution in [1.82, 2.24) is 4.90 Å². The molecule has 0 saturated carbocycles. The number of hydrogen-bond acceptors (Lipinski definition) is 4. The maximum Gasteiger partial charge on any atom is 0.290 e. The van der Waals surface area contributed by atoms with Gasteiger partial charge in [0, 0.05) is 12.6 Å². The summed E-state index contributed by atoms with van der Waals surface area (Å²) in [5.74, 6) is -0.381. The molecular weight excluding hydrogens is 373 g/mol. The fourth-order valence-corrected chi connectivity index (χ4v) is 3.18. The monoisotopic (exact) mass is 391 g/mol. The Hall–Kier alpha value is -3.67. The summed E-state index contributed by atoms with van der Waals surface area (Å²) in [6.45, 7) is 2.16. The van der Waals surface area contributed by atoms with Gasteiger partial charge in [-0.1, -0.05) is 23.8 Å². The van der Waals surface area contributed by atoms with Crippen LogP contribution in [0, 0.1) is 12.7 Å². The first kappa shape index (κ1) is 18.7. The summed E-state index contributed by atoms with van der Waals surface area (Å²) in [6.07, 6.45) is 1.51.